The lowest BCUT2D eigenvalue weighted by Gasteiger charge is -2.08. The molecule has 3 nitrogen and oxygen atoms in total. The maximum absolute atomic E-state index is 12.3. The van der Waals surface area contributed by atoms with Gasteiger partial charge in [0.25, 0.3) is 0 Å². The van der Waals surface area contributed by atoms with E-state index >= 15 is 0 Å². The second-order valence-electron chi connectivity index (χ2n) is 2.57. The molecule has 1 aromatic carbocycles. The average molecular weight is 235 g/mol. The number of hydrogen-bond donors (Lipinski definition) is 1. The normalized spacial score (nSPS) is 13.3. The summed E-state index contributed by atoms with van der Waals surface area (Å²) in [5.41, 5.74) is -1.78. The van der Waals surface area contributed by atoms with Gasteiger partial charge in [0.2, 0.25) is 0 Å². The van der Waals surface area contributed by atoms with Crippen LogP contribution in [0.4, 0.5) is 13.2 Å². The molecular formula is C8H4F3NO2S. The van der Waals surface area contributed by atoms with Gasteiger partial charge in [0.1, 0.15) is 0 Å². The second kappa shape index (κ2) is 4.00. The summed E-state index contributed by atoms with van der Waals surface area (Å²) >= 11 is -2.39. The van der Waals surface area contributed by atoms with Crippen molar-refractivity contribution < 1.29 is 21.9 Å². The Morgan fingerprint density at radius 3 is 2.40 bits per heavy atom. The molecule has 1 atom stereocenters. The predicted molar refractivity (Wildman–Crippen MR) is 45.2 cm³/mol. The van der Waals surface area contributed by atoms with E-state index in [-0.39, 0.29) is 4.90 Å². The minimum Gasteiger partial charge on any atom is -0.302 e. The molecule has 0 radical (unpaired) electrons. The van der Waals surface area contributed by atoms with Gasteiger partial charge in [0.15, 0.2) is 11.1 Å². The maximum Gasteiger partial charge on any atom is 0.417 e. The molecule has 80 valence electrons. The highest BCUT2D eigenvalue weighted by atomic mass is 32.2. The zero-order valence-corrected chi connectivity index (χ0v) is 7.89. The van der Waals surface area contributed by atoms with Crippen LogP contribution >= 0.6 is 0 Å². The van der Waals surface area contributed by atoms with E-state index in [1.165, 1.54) is 6.07 Å². The third kappa shape index (κ3) is 2.55. The summed E-state index contributed by atoms with van der Waals surface area (Å²) in [6.45, 7) is 0. The molecule has 1 aromatic rings. The molecule has 1 unspecified atom stereocenters. The summed E-state index contributed by atoms with van der Waals surface area (Å²) in [6.07, 6.45) is -4.64. The fourth-order valence-corrected chi connectivity index (χ4v) is 1.37. The Hall–Kier alpha value is -1.39. The molecule has 0 heterocycles. The van der Waals surface area contributed by atoms with Crippen molar-refractivity contribution in [3.63, 3.8) is 0 Å². The smallest absolute Gasteiger partial charge is 0.302 e. The molecule has 1 N–H and O–H groups in total. The molecule has 0 saturated carbocycles. The SMILES string of the molecule is N#Cc1cc(S(=O)O)ccc1C(F)(F)F. The quantitative estimate of drug-likeness (QED) is 0.758. The van der Waals surface area contributed by atoms with Gasteiger partial charge >= 0.3 is 6.18 Å². The highest BCUT2D eigenvalue weighted by Gasteiger charge is 2.33. The Morgan fingerprint density at radius 1 is 1.40 bits per heavy atom. The fraction of sp³-hybridized carbons (Fsp3) is 0.125. The molecule has 0 saturated heterocycles. The third-order valence-corrected chi connectivity index (χ3v) is 2.28. The van der Waals surface area contributed by atoms with Crippen LogP contribution < -0.4 is 0 Å². The van der Waals surface area contributed by atoms with E-state index in [4.69, 9.17) is 9.81 Å². The molecule has 0 aliphatic rings. The van der Waals surface area contributed by atoms with Gasteiger partial charge in [-0.05, 0) is 18.2 Å². The minimum absolute atomic E-state index is 0.237. The molecule has 0 aliphatic heterocycles. The standard InChI is InChI=1S/C8H4F3NO2S/c9-8(10,11)7-2-1-6(15(13)14)3-5(7)4-12/h1-3H,(H,13,14). The van der Waals surface area contributed by atoms with E-state index in [1.54, 1.807) is 0 Å². The van der Waals surface area contributed by atoms with Crippen LogP contribution in [-0.4, -0.2) is 8.76 Å². The molecule has 0 aromatic heterocycles. The van der Waals surface area contributed by atoms with E-state index in [1.807, 2.05) is 0 Å². The van der Waals surface area contributed by atoms with Crippen molar-refractivity contribution in [2.24, 2.45) is 0 Å². The highest BCUT2D eigenvalue weighted by molar-refractivity contribution is 7.79. The van der Waals surface area contributed by atoms with E-state index < -0.39 is 28.4 Å². The molecule has 1 rings (SSSR count). The number of nitriles is 1. The molecule has 0 spiro atoms. The van der Waals surface area contributed by atoms with Crippen molar-refractivity contribution in [1.82, 2.24) is 0 Å². The van der Waals surface area contributed by atoms with Crippen LogP contribution in [0.1, 0.15) is 11.1 Å². The van der Waals surface area contributed by atoms with E-state index in [2.05, 4.69) is 0 Å². The lowest BCUT2D eigenvalue weighted by Crippen LogP contribution is -2.08. The monoisotopic (exact) mass is 235 g/mol. The number of rotatable bonds is 1. The van der Waals surface area contributed by atoms with Crippen LogP contribution in [0.3, 0.4) is 0 Å². The number of alkyl halides is 3. The fourth-order valence-electron chi connectivity index (χ4n) is 0.972. The van der Waals surface area contributed by atoms with Gasteiger partial charge in [0, 0.05) is 0 Å². The van der Waals surface area contributed by atoms with Crippen molar-refractivity contribution in [2.45, 2.75) is 11.1 Å². The van der Waals surface area contributed by atoms with E-state index in [0.29, 0.717) is 6.07 Å². The number of nitrogens with zero attached hydrogens (tertiary/aromatic N) is 1. The first-order valence-corrected chi connectivity index (χ1v) is 4.69. The zero-order chi connectivity index (χ0) is 11.6. The summed E-state index contributed by atoms with van der Waals surface area (Å²) in [5.74, 6) is 0. The van der Waals surface area contributed by atoms with E-state index in [0.717, 1.165) is 12.1 Å². The molecule has 0 amide bonds. The zero-order valence-electron chi connectivity index (χ0n) is 7.08. The lowest BCUT2D eigenvalue weighted by molar-refractivity contribution is -0.137. The second-order valence-corrected chi connectivity index (χ2v) is 3.54. The molecule has 0 fully saturated rings. The number of hydrogen-bond acceptors (Lipinski definition) is 2. The highest BCUT2D eigenvalue weighted by Crippen LogP contribution is 2.32. The number of benzene rings is 1. The summed E-state index contributed by atoms with van der Waals surface area (Å²) in [7, 11) is 0. The molecule has 0 aliphatic carbocycles. The predicted octanol–water partition coefficient (Wildman–Crippen LogP) is 2.16. The van der Waals surface area contributed by atoms with Crippen LogP contribution in [0.15, 0.2) is 23.1 Å². The minimum atomic E-state index is -4.64. The lowest BCUT2D eigenvalue weighted by atomic mass is 10.1. The van der Waals surface area contributed by atoms with Crippen molar-refractivity contribution >= 4 is 11.1 Å². The van der Waals surface area contributed by atoms with Crippen LogP contribution in [0.25, 0.3) is 0 Å². The van der Waals surface area contributed by atoms with Crippen LogP contribution in [0.5, 0.6) is 0 Å². The summed E-state index contributed by atoms with van der Waals surface area (Å²) < 4.78 is 56.0. The van der Waals surface area contributed by atoms with Crippen molar-refractivity contribution in [1.29, 1.82) is 5.26 Å². The summed E-state index contributed by atoms with van der Waals surface area (Å²) in [5, 5.41) is 8.46. The van der Waals surface area contributed by atoms with Crippen LogP contribution in [0, 0.1) is 11.3 Å². The van der Waals surface area contributed by atoms with Crippen LogP contribution in [0.2, 0.25) is 0 Å². The van der Waals surface area contributed by atoms with Crippen molar-refractivity contribution in [3.05, 3.63) is 29.3 Å². The Bertz CT molecular complexity index is 450. The molecule has 0 bridgehead atoms. The van der Waals surface area contributed by atoms with Gasteiger partial charge in [0.05, 0.1) is 22.1 Å². The molecule has 7 heteroatoms. The maximum atomic E-state index is 12.3. The largest absolute Gasteiger partial charge is 0.417 e. The van der Waals surface area contributed by atoms with Gasteiger partial charge in [-0.3, -0.25) is 0 Å². The average Bonchev–Trinajstić information content (AvgIpc) is 2.15. The van der Waals surface area contributed by atoms with Gasteiger partial charge in [-0.25, -0.2) is 4.21 Å². The first-order chi connectivity index (χ1) is 6.86. The Balaban J connectivity index is 3.36. The van der Waals surface area contributed by atoms with Crippen molar-refractivity contribution in [3.8, 4) is 6.07 Å². The third-order valence-electron chi connectivity index (χ3n) is 1.62. The first-order valence-electron chi connectivity index (χ1n) is 3.58. The Labute approximate surface area is 85.4 Å². The van der Waals surface area contributed by atoms with Gasteiger partial charge in [-0.1, -0.05) is 0 Å². The Kier molecular flexibility index (Phi) is 3.12. The summed E-state index contributed by atoms with van der Waals surface area (Å²) in [6, 6.07) is 3.55. The molecule has 15 heavy (non-hydrogen) atoms. The van der Waals surface area contributed by atoms with Gasteiger partial charge in [-0.2, -0.15) is 18.4 Å². The van der Waals surface area contributed by atoms with Gasteiger partial charge in [-0.15, -0.1) is 0 Å². The topological polar surface area (TPSA) is 61.1 Å². The first kappa shape index (κ1) is 11.7. The van der Waals surface area contributed by atoms with Crippen LogP contribution in [-0.2, 0) is 17.3 Å². The van der Waals surface area contributed by atoms with E-state index in [9.17, 15) is 17.4 Å². The van der Waals surface area contributed by atoms with Crippen molar-refractivity contribution in [2.75, 3.05) is 0 Å². The van der Waals surface area contributed by atoms with Gasteiger partial charge < -0.3 is 4.55 Å². The Morgan fingerprint density at radius 2 is 2.00 bits per heavy atom. The molecular weight excluding hydrogens is 231 g/mol. The summed E-state index contributed by atoms with van der Waals surface area (Å²) in [4.78, 5) is -0.237. The number of halogens is 3.